The van der Waals surface area contributed by atoms with Crippen molar-refractivity contribution in [3.05, 3.63) is 28.3 Å². The van der Waals surface area contributed by atoms with Gasteiger partial charge in [0.25, 0.3) is 0 Å². The van der Waals surface area contributed by atoms with Gasteiger partial charge in [0.2, 0.25) is 0 Å². The second-order valence-electron chi connectivity index (χ2n) is 5.29. The summed E-state index contributed by atoms with van der Waals surface area (Å²) < 4.78 is 5.52. The molecule has 1 saturated heterocycles. The molecule has 0 bridgehead atoms. The third-order valence-electron chi connectivity index (χ3n) is 3.72. The van der Waals surface area contributed by atoms with E-state index in [9.17, 15) is 0 Å². The average Bonchev–Trinajstić information content (AvgIpc) is 2.38. The quantitative estimate of drug-likeness (QED) is 0.896. The van der Waals surface area contributed by atoms with Crippen molar-refractivity contribution >= 4 is 11.6 Å². The molecular weight excluding hydrogens is 246 g/mol. The van der Waals surface area contributed by atoms with Crippen LogP contribution in [0, 0.1) is 0 Å². The predicted octanol–water partition coefficient (Wildman–Crippen LogP) is 3.94. The van der Waals surface area contributed by atoms with Gasteiger partial charge in [0.05, 0.1) is 7.11 Å². The van der Waals surface area contributed by atoms with Crippen molar-refractivity contribution in [3.63, 3.8) is 0 Å². The Morgan fingerprint density at radius 3 is 2.50 bits per heavy atom. The van der Waals surface area contributed by atoms with Gasteiger partial charge in [-0.1, -0.05) is 25.4 Å². The molecule has 0 atom stereocenters. The number of halogens is 1. The lowest BCUT2D eigenvalue weighted by atomic mass is 9.83. The molecule has 1 N–H and O–H groups in total. The molecule has 0 spiro atoms. The van der Waals surface area contributed by atoms with E-state index in [1.54, 1.807) is 7.11 Å². The minimum absolute atomic E-state index is 0.460. The molecule has 0 radical (unpaired) electrons. The Bertz CT molecular complexity index is 411. The zero-order chi connectivity index (χ0) is 13.1. The fourth-order valence-corrected chi connectivity index (χ4v) is 3.09. The number of nitrogens with one attached hydrogen (secondary N) is 1. The molecule has 1 heterocycles. The number of ether oxygens (including phenoxy) is 1. The fraction of sp³-hybridized carbons (Fsp3) is 0.600. The van der Waals surface area contributed by atoms with Crippen LogP contribution in [0.25, 0.3) is 0 Å². The third kappa shape index (κ3) is 2.81. The van der Waals surface area contributed by atoms with E-state index in [0.717, 1.165) is 23.9 Å². The molecule has 1 aromatic rings. The maximum absolute atomic E-state index is 6.23. The molecule has 3 heteroatoms. The summed E-state index contributed by atoms with van der Waals surface area (Å²) in [6.45, 7) is 6.63. The summed E-state index contributed by atoms with van der Waals surface area (Å²) in [6, 6.07) is 4.07. The number of rotatable bonds is 3. The van der Waals surface area contributed by atoms with Crippen LogP contribution in [0.15, 0.2) is 12.1 Å². The Hall–Kier alpha value is -0.730. The van der Waals surface area contributed by atoms with Crippen molar-refractivity contribution in [3.8, 4) is 5.75 Å². The topological polar surface area (TPSA) is 21.3 Å². The van der Waals surface area contributed by atoms with Gasteiger partial charge < -0.3 is 10.1 Å². The van der Waals surface area contributed by atoms with Crippen molar-refractivity contribution in [2.45, 2.75) is 38.5 Å². The highest BCUT2D eigenvalue weighted by Crippen LogP contribution is 2.39. The summed E-state index contributed by atoms with van der Waals surface area (Å²) in [5, 5.41) is 4.19. The first kappa shape index (κ1) is 13.7. The van der Waals surface area contributed by atoms with Crippen LogP contribution in [-0.2, 0) is 0 Å². The number of methoxy groups -OCH3 is 1. The van der Waals surface area contributed by atoms with Gasteiger partial charge in [-0.2, -0.15) is 0 Å². The SMILES string of the molecule is COc1cc(Cl)cc(C2CCNCC2)c1C(C)C. The standard InChI is InChI=1S/C15H22ClNO/c1-10(2)15-13(11-4-6-17-7-5-11)8-12(16)9-14(15)18-3/h8-11,17H,4-7H2,1-3H3. The van der Waals surface area contributed by atoms with Crippen molar-refractivity contribution in [1.29, 1.82) is 0 Å². The van der Waals surface area contributed by atoms with E-state index in [1.807, 2.05) is 6.07 Å². The second kappa shape index (κ2) is 5.94. The molecule has 1 aliphatic rings. The average molecular weight is 268 g/mol. The monoisotopic (exact) mass is 267 g/mol. The van der Waals surface area contributed by atoms with Gasteiger partial charge in [0, 0.05) is 10.6 Å². The molecule has 18 heavy (non-hydrogen) atoms. The highest BCUT2D eigenvalue weighted by molar-refractivity contribution is 6.30. The summed E-state index contributed by atoms with van der Waals surface area (Å²) in [4.78, 5) is 0. The highest BCUT2D eigenvalue weighted by atomic mass is 35.5. The lowest BCUT2D eigenvalue weighted by molar-refractivity contribution is 0.402. The summed E-state index contributed by atoms with van der Waals surface area (Å²) in [5.74, 6) is 2.00. The lowest BCUT2D eigenvalue weighted by Crippen LogP contribution is -2.27. The van der Waals surface area contributed by atoms with E-state index >= 15 is 0 Å². The third-order valence-corrected chi connectivity index (χ3v) is 3.93. The van der Waals surface area contributed by atoms with Crippen LogP contribution >= 0.6 is 11.6 Å². The molecular formula is C15H22ClNO. The molecule has 0 amide bonds. The smallest absolute Gasteiger partial charge is 0.124 e. The van der Waals surface area contributed by atoms with Gasteiger partial charge >= 0.3 is 0 Å². The number of hydrogen-bond acceptors (Lipinski definition) is 2. The Morgan fingerprint density at radius 2 is 1.94 bits per heavy atom. The normalized spacial score (nSPS) is 17.2. The summed E-state index contributed by atoms with van der Waals surface area (Å²) in [6.07, 6.45) is 2.37. The number of piperidine rings is 1. The number of hydrogen-bond donors (Lipinski definition) is 1. The van der Waals surface area contributed by atoms with Gasteiger partial charge in [-0.05, 0) is 55.5 Å². The zero-order valence-electron chi connectivity index (χ0n) is 11.4. The highest BCUT2D eigenvalue weighted by Gasteiger charge is 2.22. The van der Waals surface area contributed by atoms with E-state index in [1.165, 1.54) is 24.0 Å². The second-order valence-corrected chi connectivity index (χ2v) is 5.73. The van der Waals surface area contributed by atoms with Gasteiger partial charge in [-0.15, -0.1) is 0 Å². The van der Waals surface area contributed by atoms with Crippen LogP contribution < -0.4 is 10.1 Å². The van der Waals surface area contributed by atoms with E-state index in [-0.39, 0.29) is 0 Å². The first-order valence-electron chi connectivity index (χ1n) is 6.71. The molecule has 1 aromatic carbocycles. The maximum Gasteiger partial charge on any atom is 0.124 e. The van der Waals surface area contributed by atoms with Crippen LogP contribution in [0.5, 0.6) is 5.75 Å². The van der Waals surface area contributed by atoms with Crippen molar-refractivity contribution in [1.82, 2.24) is 5.32 Å². The summed E-state index contributed by atoms with van der Waals surface area (Å²) >= 11 is 6.23. The van der Waals surface area contributed by atoms with Gasteiger partial charge in [-0.25, -0.2) is 0 Å². The Labute approximate surface area is 115 Å². The van der Waals surface area contributed by atoms with E-state index < -0.39 is 0 Å². The van der Waals surface area contributed by atoms with Crippen LogP contribution in [0.2, 0.25) is 5.02 Å². The van der Waals surface area contributed by atoms with Gasteiger partial charge in [0.15, 0.2) is 0 Å². The first-order valence-corrected chi connectivity index (χ1v) is 7.09. The molecule has 0 aliphatic carbocycles. The minimum atomic E-state index is 0.460. The van der Waals surface area contributed by atoms with Crippen LogP contribution in [-0.4, -0.2) is 20.2 Å². The van der Waals surface area contributed by atoms with Crippen LogP contribution in [0.1, 0.15) is 49.7 Å². The number of benzene rings is 1. The Balaban J connectivity index is 2.45. The first-order chi connectivity index (χ1) is 8.63. The van der Waals surface area contributed by atoms with Crippen molar-refractivity contribution in [2.24, 2.45) is 0 Å². The Morgan fingerprint density at radius 1 is 1.28 bits per heavy atom. The molecule has 0 aromatic heterocycles. The molecule has 1 fully saturated rings. The van der Waals surface area contributed by atoms with Crippen LogP contribution in [0.3, 0.4) is 0 Å². The van der Waals surface area contributed by atoms with Gasteiger partial charge in [-0.3, -0.25) is 0 Å². The molecule has 2 nitrogen and oxygen atoms in total. The van der Waals surface area contributed by atoms with E-state index in [0.29, 0.717) is 11.8 Å². The van der Waals surface area contributed by atoms with E-state index in [2.05, 4.69) is 25.2 Å². The molecule has 100 valence electrons. The largest absolute Gasteiger partial charge is 0.496 e. The molecule has 0 saturated carbocycles. The molecule has 0 unspecified atom stereocenters. The zero-order valence-corrected chi connectivity index (χ0v) is 12.2. The lowest BCUT2D eigenvalue weighted by Gasteiger charge is -2.27. The fourth-order valence-electron chi connectivity index (χ4n) is 2.87. The maximum atomic E-state index is 6.23. The van der Waals surface area contributed by atoms with Crippen LogP contribution in [0.4, 0.5) is 0 Å². The Kier molecular flexibility index (Phi) is 4.52. The van der Waals surface area contributed by atoms with Gasteiger partial charge in [0.1, 0.15) is 5.75 Å². The van der Waals surface area contributed by atoms with Crippen molar-refractivity contribution < 1.29 is 4.74 Å². The summed E-state index contributed by atoms with van der Waals surface area (Å²) in [5.41, 5.74) is 2.71. The molecule has 1 aliphatic heterocycles. The van der Waals surface area contributed by atoms with E-state index in [4.69, 9.17) is 16.3 Å². The molecule has 2 rings (SSSR count). The van der Waals surface area contributed by atoms with Crippen molar-refractivity contribution in [2.75, 3.05) is 20.2 Å². The minimum Gasteiger partial charge on any atom is -0.496 e. The summed E-state index contributed by atoms with van der Waals surface area (Å²) in [7, 11) is 1.73. The predicted molar refractivity (Wildman–Crippen MR) is 76.9 cm³/mol.